The van der Waals surface area contributed by atoms with Crippen LogP contribution in [0, 0.1) is 23.7 Å². The zero-order valence-corrected chi connectivity index (χ0v) is 16.0. The number of amides is 3. The highest BCUT2D eigenvalue weighted by atomic mass is 79.9. The number of hydrogen-bond acceptors (Lipinski definition) is 3. The van der Waals surface area contributed by atoms with E-state index < -0.39 is 0 Å². The van der Waals surface area contributed by atoms with E-state index in [2.05, 4.69) is 31.9 Å². The van der Waals surface area contributed by atoms with Crippen molar-refractivity contribution < 1.29 is 14.4 Å². The molecule has 0 aromatic rings. The molecular formula is C16H20Br2N2O3. The topological polar surface area (TPSA) is 57.7 Å². The van der Waals surface area contributed by atoms with Crippen molar-refractivity contribution >= 4 is 49.6 Å². The second-order valence-electron chi connectivity index (χ2n) is 7.21. The highest BCUT2D eigenvalue weighted by molar-refractivity contribution is 9.12. The van der Waals surface area contributed by atoms with E-state index in [1.54, 1.807) is 4.90 Å². The lowest BCUT2D eigenvalue weighted by Crippen LogP contribution is -2.45. The smallest absolute Gasteiger partial charge is 0.242 e. The van der Waals surface area contributed by atoms with Gasteiger partial charge in [0.05, 0.1) is 11.8 Å². The molecule has 23 heavy (non-hydrogen) atoms. The van der Waals surface area contributed by atoms with Gasteiger partial charge >= 0.3 is 0 Å². The zero-order chi connectivity index (χ0) is 16.3. The predicted molar refractivity (Wildman–Crippen MR) is 91.2 cm³/mol. The highest BCUT2D eigenvalue weighted by Gasteiger charge is 2.66. The van der Waals surface area contributed by atoms with Gasteiger partial charge in [-0.1, -0.05) is 31.9 Å². The van der Waals surface area contributed by atoms with Gasteiger partial charge in [-0.05, 0) is 37.5 Å². The first-order chi connectivity index (χ1) is 11.0. The number of fused-ring (bicyclic) bond motifs is 5. The molecule has 2 bridgehead atoms. The van der Waals surface area contributed by atoms with Crippen LogP contribution < -0.4 is 0 Å². The second kappa shape index (κ2) is 5.83. The van der Waals surface area contributed by atoms with Crippen LogP contribution in [0.25, 0.3) is 0 Å². The quantitative estimate of drug-likeness (QED) is 0.478. The molecule has 0 aromatic heterocycles. The molecule has 126 valence electrons. The summed E-state index contributed by atoms with van der Waals surface area (Å²) in [5.41, 5.74) is 0. The van der Waals surface area contributed by atoms with Crippen molar-refractivity contribution in [1.82, 2.24) is 9.80 Å². The molecular weight excluding hydrogens is 428 g/mol. The third-order valence-corrected chi connectivity index (χ3v) is 9.29. The monoisotopic (exact) mass is 446 g/mol. The van der Waals surface area contributed by atoms with E-state index in [9.17, 15) is 14.4 Å². The van der Waals surface area contributed by atoms with Crippen molar-refractivity contribution in [1.29, 1.82) is 0 Å². The second-order valence-corrected chi connectivity index (χ2v) is 9.32. The molecule has 4 rings (SSSR count). The Morgan fingerprint density at radius 3 is 2.00 bits per heavy atom. The van der Waals surface area contributed by atoms with Crippen LogP contribution in [0.5, 0.6) is 0 Å². The van der Waals surface area contributed by atoms with Gasteiger partial charge in [0.1, 0.15) is 6.54 Å². The predicted octanol–water partition coefficient (Wildman–Crippen LogP) is 1.78. The van der Waals surface area contributed by atoms with Gasteiger partial charge in [0.2, 0.25) is 17.7 Å². The van der Waals surface area contributed by atoms with Gasteiger partial charge in [-0.3, -0.25) is 19.3 Å². The molecule has 0 unspecified atom stereocenters. The summed E-state index contributed by atoms with van der Waals surface area (Å²) in [6, 6.07) is 0. The Kier molecular flexibility index (Phi) is 4.07. The summed E-state index contributed by atoms with van der Waals surface area (Å²) < 4.78 is 0. The maximum Gasteiger partial charge on any atom is 0.242 e. The number of carbonyl (C=O) groups is 3. The Labute approximate surface area is 152 Å². The largest absolute Gasteiger partial charge is 0.341 e. The van der Waals surface area contributed by atoms with Crippen molar-refractivity contribution in [2.75, 3.05) is 19.6 Å². The molecule has 2 saturated heterocycles. The van der Waals surface area contributed by atoms with E-state index in [0.717, 1.165) is 38.8 Å². The Morgan fingerprint density at radius 1 is 0.957 bits per heavy atom. The van der Waals surface area contributed by atoms with E-state index in [1.807, 2.05) is 0 Å². The van der Waals surface area contributed by atoms with E-state index in [1.165, 1.54) is 4.90 Å². The number of piperidine rings is 1. The molecule has 4 aliphatic rings. The number of halogens is 2. The first-order valence-corrected chi connectivity index (χ1v) is 10.2. The molecule has 2 aliphatic carbocycles. The highest BCUT2D eigenvalue weighted by Crippen LogP contribution is 2.60. The molecule has 0 radical (unpaired) electrons. The molecule has 7 heteroatoms. The van der Waals surface area contributed by atoms with Crippen molar-refractivity contribution in [3.8, 4) is 0 Å². The minimum absolute atomic E-state index is 0.0655. The van der Waals surface area contributed by atoms with Crippen LogP contribution in [0.1, 0.15) is 25.7 Å². The van der Waals surface area contributed by atoms with Crippen LogP contribution in [0.3, 0.4) is 0 Å². The summed E-state index contributed by atoms with van der Waals surface area (Å²) in [4.78, 5) is 41.5. The van der Waals surface area contributed by atoms with Crippen molar-refractivity contribution in [3.63, 3.8) is 0 Å². The summed E-state index contributed by atoms with van der Waals surface area (Å²) in [5.74, 6) is -0.352. The summed E-state index contributed by atoms with van der Waals surface area (Å²) in [7, 11) is 0. The van der Waals surface area contributed by atoms with E-state index in [-0.39, 0.29) is 57.6 Å². The maximum absolute atomic E-state index is 12.8. The van der Waals surface area contributed by atoms with E-state index in [0.29, 0.717) is 0 Å². The van der Waals surface area contributed by atoms with Crippen molar-refractivity contribution in [2.45, 2.75) is 35.3 Å². The third-order valence-electron chi connectivity index (χ3n) is 6.08. The van der Waals surface area contributed by atoms with Crippen LogP contribution in [-0.4, -0.2) is 56.8 Å². The van der Waals surface area contributed by atoms with Crippen LogP contribution in [0.4, 0.5) is 0 Å². The Hall–Kier alpha value is -0.430. The number of imide groups is 1. The summed E-state index contributed by atoms with van der Waals surface area (Å²) in [6.45, 7) is 1.43. The number of rotatable bonds is 2. The standard InChI is InChI=1S/C16H20Br2N2O3/c17-13-8-6-9(14(13)18)12-11(8)15(22)20(16(12)23)7-10(21)19-4-2-1-3-5-19/h8-9,11-14H,1-7H2/t8-,9+,11-,12-,13-,14+/m0/s1. The Bertz CT molecular complexity index is 532. The van der Waals surface area contributed by atoms with Crippen LogP contribution in [0.15, 0.2) is 0 Å². The third kappa shape index (κ3) is 2.33. The molecule has 3 amide bonds. The summed E-state index contributed by atoms with van der Waals surface area (Å²) in [5, 5.41) is 0. The number of alkyl halides is 2. The van der Waals surface area contributed by atoms with Crippen LogP contribution >= 0.6 is 31.9 Å². The number of carbonyl (C=O) groups excluding carboxylic acids is 3. The van der Waals surface area contributed by atoms with Gasteiger partial charge in [-0.15, -0.1) is 0 Å². The van der Waals surface area contributed by atoms with E-state index >= 15 is 0 Å². The molecule has 2 aliphatic heterocycles. The molecule has 0 N–H and O–H groups in total. The summed E-state index contributed by atoms with van der Waals surface area (Å²) in [6.07, 6.45) is 4.10. The molecule has 0 aromatic carbocycles. The van der Waals surface area contributed by atoms with Crippen LogP contribution in [-0.2, 0) is 14.4 Å². The minimum atomic E-state index is -0.222. The van der Waals surface area contributed by atoms with Gasteiger partial charge in [-0.25, -0.2) is 0 Å². The molecule has 0 spiro atoms. The summed E-state index contributed by atoms with van der Waals surface area (Å²) >= 11 is 7.35. The van der Waals surface area contributed by atoms with Gasteiger partial charge in [0.15, 0.2) is 0 Å². The lowest BCUT2D eigenvalue weighted by atomic mass is 9.81. The lowest BCUT2D eigenvalue weighted by molar-refractivity contribution is -0.147. The Balaban J connectivity index is 1.50. The first-order valence-electron chi connectivity index (χ1n) is 8.42. The Morgan fingerprint density at radius 2 is 1.48 bits per heavy atom. The number of nitrogens with zero attached hydrogens (tertiary/aromatic N) is 2. The first kappa shape index (κ1) is 16.1. The van der Waals surface area contributed by atoms with Crippen molar-refractivity contribution in [3.05, 3.63) is 0 Å². The number of likely N-dealkylation sites (tertiary alicyclic amines) is 2. The fraction of sp³-hybridized carbons (Fsp3) is 0.812. The fourth-order valence-corrected chi connectivity index (χ4v) is 6.82. The van der Waals surface area contributed by atoms with Gasteiger partial charge in [0.25, 0.3) is 0 Å². The fourth-order valence-electron chi connectivity index (χ4n) is 4.94. The molecule has 5 nitrogen and oxygen atoms in total. The molecule has 2 saturated carbocycles. The maximum atomic E-state index is 12.8. The van der Waals surface area contributed by atoms with E-state index in [4.69, 9.17) is 0 Å². The van der Waals surface area contributed by atoms with Gasteiger partial charge in [0, 0.05) is 22.7 Å². The minimum Gasteiger partial charge on any atom is -0.341 e. The zero-order valence-electron chi connectivity index (χ0n) is 12.8. The molecule has 2 heterocycles. The average molecular weight is 448 g/mol. The van der Waals surface area contributed by atoms with Gasteiger partial charge < -0.3 is 4.90 Å². The normalized spacial score (nSPS) is 42.5. The van der Waals surface area contributed by atoms with Crippen LogP contribution in [0.2, 0.25) is 0 Å². The van der Waals surface area contributed by atoms with Gasteiger partial charge in [-0.2, -0.15) is 0 Å². The lowest BCUT2D eigenvalue weighted by Gasteiger charge is -2.28. The molecule has 6 atom stereocenters. The molecule has 4 fully saturated rings. The number of hydrogen-bond donors (Lipinski definition) is 0. The average Bonchev–Trinajstić information content (AvgIpc) is 3.16. The SMILES string of the molecule is O=C(CN1C(=O)[C@H]2[C@@H]3C[C@@H]([C@@H](Br)[C@H]3Br)[C@@H]2C1=O)N1CCCCC1. The van der Waals surface area contributed by atoms with Crippen molar-refractivity contribution in [2.24, 2.45) is 23.7 Å².